The highest BCUT2D eigenvalue weighted by Gasteiger charge is 2.15. The highest BCUT2D eigenvalue weighted by atomic mass is 16.2. The zero-order chi connectivity index (χ0) is 6.69. The van der Waals surface area contributed by atoms with E-state index in [-0.39, 0.29) is 5.91 Å². The predicted molar refractivity (Wildman–Crippen MR) is 30.2 cm³/mol. The van der Waals surface area contributed by atoms with E-state index >= 15 is 0 Å². The molecule has 0 aromatic heterocycles. The van der Waals surface area contributed by atoms with Crippen molar-refractivity contribution in [2.24, 2.45) is 0 Å². The van der Waals surface area contributed by atoms with E-state index in [0.717, 1.165) is 11.4 Å². The quantitative estimate of drug-likeness (QED) is 0.418. The van der Waals surface area contributed by atoms with Gasteiger partial charge in [0.15, 0.2) is 6.19 Å². The number of piperazine rings is 1. The topological polar surface area (TPSA) is 56.1 Å². The fraction of sp³-hybridized carbons (Fsp3) is 0.600. The van der Waals surface area contributed by atoms with Gasteiger partial charge in [0.1, 0.15) is 0 Å². The zero-order valence-electron chi connectivity index (χ0n) is 4.92. The van der Waals surface area contributed by atoms with Crippen molar-refractivity contribution in [2.75, 3.05) is 19.6 Å². The second-order valence-corrected chi connectivity index (χ2v) is 1.82. The van der Waals surface area contributed by atoms with Crippen LogP contribution < -0.4 is 5.32 Å². The van der Waals surface area contributed by atoms with E-state index in [1.165, 1.54) is 0 Å². The summed E-state index contributed by atoms with van der Waals surface area (Å²) in [6.45, 7) is 1.53. The molecule has 0 spiro atoms. The van der Waals surface area contributed by atoms with Crippen LogP contribution in [0.15, 0.2) is 0 Å². The summed E-state index contributed by atoms with van der Waals surface area (Å²) in [4.78, 5) is 11.8. The molecule has 9 heavy (non-hydrogen) atoms. The van der Waals surface area contributed by atoms with E-state index in [0.29, 0.717) is 13.1 Å². The van der Waals surface area contributed by atoms with Crippen molar-refractivity contribution in [3.63, 3.8) is 0 Å². The van der Waals surface area contributed by atoms with Crippen molar-refractivity contribution < 1.29 is 4.79 Å². The highest BCUT2D eigenvalue weighted by molar-refractivity contribution is 5.80. The van der Waals surface area contributed by atoms with Gasteiger partial charge >= 0.3 is 0 Å². The molecule has 0 aliphatic carbocycles. The number of amides is 1. The monoisotopic (exact) mass is 125 g/mol. The third-order valence-corrected chi connectivity index (χ3v) is 1.21. The maximum Gasteiger partial charge on any atom is 0.249 e. The molecule has 1 aliphatic heterocycles. The Morgan fingerprint density at radius 1 is 1.78 bits per heavy atom. The molecule has 0 unspecified atom stereocenters. The summed E-state index contributed by atoms with van der Waals surface area (Å²) in [6, 6.07) is 0. The predicted octanol–water partition coefficient (Wildman–Crippen LogP) is -1.10. The van der Waals surface area contributed by atoms with Gasteiger partial charge in [0, 0.05) is 13.1 Å². The highest BCUT2D eigenvalue weighted by Crippen LogP contribution is 1.89. The number of nitrogens with zero attached hydrogens (tertiary/aromatic N) is 2. The van der Waals surface area contributed by atoms with Gasteiger partial charge in [-0.15, -0.1) is 0 Å². The fourth-order valence-corrected chi connectivity index (χ4v) is 0.712. The third-order valence-electron chi connectivity index (χ3n) is 1.21. The van der Waals surface area contributed by atoms with Crippen LogP contribution in [0, 0.1) is 11.5 Å². The number of rotatable bonds is 0. The Balaban J connectivity index is 2.51. The van der Waals surface area contributed by atoms with Gasteiger partial charge in [-0.25, -0.2) is 4.90 Å². The molecule has 1 heterocycles. The van der Waals surface area contributed by atoms with Gasteiger partial charge in [-0.2, -0.15) is 5.26 Å². The average Bonchev–Trinajstić information content (AvgIpc) is 1.89. The normalized spacial score (nSPS) is 19.4. The minimum Gasteiger partial charge on any atom is -0.307 e. The number of hydrogen-bond acceptors (Lipinski definition) is 3. The fourth-order valence-electron chi connectivity index (χ4n) is 0.712. The lowest BCUT2D eigenvalue weighted by Gasteiger charge is -2.18. The molecule has 1 rings (SSSR count). The first-order valence-corrected chi connectivity index (χ1v) is 2.75. The van der Waals surface area contributed by atoms with E-state index in [4.69, 9.17) is 5.26 Å². The molecule has 1 amide bonds. The Morgan fingerprint density at radius 2 is 2.56 bits per heavy atom. The van der Waals surface area contributed by atoms with Crippen molar-refractivity contribution in [3.8, 4) is 6.19 Å². The summed E-state index contributed by atoms with van der Waals surface area (Å²) < 4.78 is 0. The minimum absolute atomic E-state index is 0.135. The summed E-state index contributed by atoms with van der Waals surface area (Å²) in [5.41, 5.74) is 0. The van der Waals surface area contributed by atoms with Crippen LogP contribution in [0.2, 0.25) is 0 Å². The maximum absolute atomic E-state index is 10.7. The van der Waals surface area contributed by atoms with Crippen LogP contribution in [-0.2, 0) is 4.79 Å². The summed E-state index contributed by atoms with van der Waals surface area (Å²) >= 11 is 0. The van der Waals surface area contributed by atoms with Crippen LogP contribution >= 0.6 is 0 Å². The molecule has 1 saturated heterocycles. The number of carbonyl (C=O) groups excluding carboxylic acids is 1. The second-order valence-electron chi connectivity index (χ2n) is 1.82. The molecule has 0 atom stereocenters. The minimum atomic E-state index is -0.135. The van der Waals surface area contributed by atoms with Gasteiger partial charge in [0.2, 0.25) is 5.91 Å². The van der Waals surface area contributed by atoms with Crippen molar-refractivity contribution in [1.82, 2.24) is 10.2 Å². The lowest BCUT2D eigenvalue weighted by Crippen LogP contribution is -2.45. The number of hydrogen-bond donors (Lipinski definition) is 1. The van der Waals surface area contributed by atoms with Crippen LogP contribution in [-0.4, -0.2) is 30.4 Å². The second kappa shape index (κ2) is 2.46. The first-order valence-electron chi connectivity index (χ1n) is 2.75. The standard InChI is InChI=1S/C5H7N3O/c6-4-8-2-1-7-3-5(8)9/h7H,1-3H2. The van der Waals surface area contributed by atoms with Gasteiger partial charge in [0.05, 0.1) is 6.54 Å². The van der Waals surface area contributed by atoms with Gasteiger partial charge in [0.25, 0.3) is 0 Å². The zero-order valence-corrected chi connectivity index (χ0v) is 4.92. The van der Waals surface area contributed by atoms with Crippen LogP contribution in [0.25, 0.3) is 0 Å². The SMILES string of the molecule is N#CN1CCNCC1=O. The Labute approximate surface area is 53.1 Å². The Kier molecular flexibility index (Phi) is 1.66. The molecular weight excluding hydrogens is 118 g/mol. The molecular formula is C5H7N3O. The number of carbonyl (C=O) groups is 1. The molecule has 0 saturated carbocycles. The third kappa shape index (κ3) is 1.18. The molecule has 0 radical (unpaired) electrons. The molecule has 48 valence electrons. The lowest BCUT2D eigenvalue weighted by molar-refractivity contribution is -0.128. The van der Waals surface area contributed by atoms with Crippen molar-refractivity contribution >= 4 is 5.91 Å². The molecule has 4 heteroatoms. The number of nitrogens with one attached hydrogen (secondary N) is 1. The largest absolute Gasteiger partial charge is 0.307 e. The van der Waals surface area contributed by atoms with E-state index in [2.05, 4.69) is 5.32 Å². The average molecular weight is 125 g/mol. The number of nitriles is 1. The van der Waals surface area contributed by atoms with Gasteiger partial charge in [-0.3, -0.25) is 4.79 Å². The van der Waals surface area contributed by atoms with Crippen LogP contribution in [0.1, 0.15) is 0 Å². The van der Waals surface area contributed by atoms with Gasteiger partial charge in [-0.1, -0.05) is 0 Å². The first-order chi connectivity index (χ1) is 4.34. The molecule has 0 bridgehead atoms. The molecule has 1 aliphatic rings. The van der Waals surface area contributed by atoms with Crippen LogP contribution in [0.5, 0.6) is 0 Å². The maximum atomic E-state index is 10.7. The van der Waals surface area contributed by atoms with Crippen molar-refractivity contribution in [3.05, 3.63) is 0 Å². The van der Waals surface area contributed by atoms with Crippen molar-refractivity contribution in [1.29, 1.82) is 5.26 Å². The smallest absolute Gasteiger partial charge is 0.249 e. The summed E-state index contributed by atoms with van der Waals surface area (Å²) in [5.74, 6) is -0.135. The Hall–Kier alpha value is -1.08. The van der Waals surface area contributed by atoms with Crippen LogP contribution in [0.4, 0.5) is 0 Å². The summed E-state index contributed by atoms with van der Waals surface area (Å²) in [5, 5.41) is 11.1. The van der Waals surface area contributed by atoms with E-state index in [1.54, 1.807) is 6.19 Å². The van der Waals surface area contributed by atoms with E-state index in [1.807, 2.05) is 0 Å². The molecule has 1 N–H and O–H groups in total. The molecule has 0 aromatic rings. The van der Waals surface area contributed by atoms with E-state index < -0.39 is 0 Å². The van der Waals surface area contributed by atoms with E-state index in [9.17, 15) is 4.79 Å². The Bertz CT molecular complexity index is 160. The van der Waals surface area contributed by atoms with Gasteiger partial charge < -0.3 is 5.32 Å². The summed E-state index contributed by atoms with van der Waals surface area (Å²) in [7, 11) is 0. The van der Waals surface area contributed by atoms with Crippen molar-refractivity contribution in [2.45, 2.75) is 0 Å². The summed E-state index contributed by atoms with van der Waals surface area (Å²) in [6.07, 6.45) is 1.80. The molecule has 1 fully saturated rings. The Morgan fingerprint density at radius 3 is 3.00 bits per heavy atom. The first kappa shape index (κ1) is 6.05. The molecule has 4 nitrogen and oxygen atoms in total. The lowest BCUT2D eigenvalue weighted by atomic mass is 10.4. The van der Waals surface area contributed by atoms with Crippen LogP contribution in [0.3, 0.4) is 0 Å². The van der Waals surface area contributed by atoms with Gasteiger partial charge in [-0.05, 0) is 0 Å². The molecule has 0 aromatic carbocycles.